The number of nitrogens with one attached hydrogen (secondary N) is 1. The van der Waals surface area contributed by atoms with Crippen molar-refractivity contribution in [2.24, 2.45) is 5.92 Å². The van der Waals surface area contributed by atoms with E-state index in [0.29, 0.717) is 6.04 Å². The molecule has 2 unspecified atom stereocenters. The summed E-state index contributed by atoms with van der Waals surface area (Å²) in [5, 5.41) is 5.77. The number of rotatable bonds is 6. The van der Waals surface area contributed by atoms with Crippen LogP contribution >= 0.6 is 11.3 Å². The van der Waals surface area contributed by atoms with E-state index in [2.05, 4.69) is 29.8 Å². The van der Waals surface area contributed by atoms with E-state index in [-0.39, 0.29) is 0 Å². The Kier molecular flexibility index (Phi) is 4.82. The zero-order valence-corrected chi connectivity index (χ0v) is 10.8. The molecule has 1 aromatic rings. The van der Waals surface area contributed by atoms with Crippen LogP contribution in [0.15, 0.2) is 17.5 Å². The molecule has 1 N–H and O–H groups in total. The molecule has 0 amide bonds. The van der Waals surface area contributed by atoms with Crippen molar-refractivity contribution in [3.63, 3.8) is 0 Å². The second kappa shape index (κ2) is 6.38. The summed E-state index contributed by atoms with van der Waals surface area (Å²) in [6, 6.07) is 5.01. The summed E-state index contributed by atoms with van der Waals surface area (Å²) < 4.78 is 5.48. The van der Waals surface area contributed by atoms with E-state index in [1.54, 1.807) is 0 Å². The second-order valence-corrected chi connectivity index (χ2v) is 5.44. The Morgan fingerprint density at radius 3 is 3.19 bits per heavy atom. The van der Waals surface area contributed by atoms with Gasteiger partial charge in [0.25, 0.3) is 0 Å². The lowest BCUT2D eigenvalue weighted by molar-refractivity contribution is 0.175. The number of hydrogen-bond acceptors (Lipinski definition) is 3. The molecule has 0 saturated carbocycles. The Morgan fingerprint density at radius 2 is 2.56 bits per heavy atom. The first-order valence-electron chi connectivity index (χ1n) is 6.23. The molecule has 2 nitrogen and oxygen atoms in total. The number of hydrogen-bond donors (Lipinski definition) is 1. The van der Waals surface area contributed by atoms with Crippen molar-refractivity contribution in [3.05, 3.63) is 22.4 Å². The lowest BCUT2D eigenvalue weighted by Crippen LogP contribution is -2.36. The van der Waals surface area contributed by atoms with E-state index >= 15 is 0 Å². The van der Waals surface area contributed by atoms with Gasteiger partial charge < -0.3 is 10.1 Å². The van der Waals surface area contributed by atoms with Gasteiger partial charge in [-0.3, -0.25) is 0 Å². The molecule has 3 heteroatoms. The van der Waals surface area contributed by atoms with Crippen LogP contribution in [0.4, 0.5) is 0 Å². The van der Waals surface area contributed by atoms with Gasteiger partial charge in [-0.25, -0.2) is 0 Å². The average molecular weight is 239 g/mol. The summed E-state index contributed by atoms with van der Waals surface area (Å²) in [7, 11) is 0. The highest BCUT2D eigenvalue weighted by Gasteiger charge is 2.24. The van der Waals surface area contributed by atoms with Crippen molar-refractivity contribution in [2.45, 2.75) is 32.2 Å². The minimum Gasteiger partial charge on any atom is -0.381 e. The number of thiophene rings is 1. The van der Waals surface area contributed by atoms with E-state index in [4.69, 9.17) is 4.74 Å². The first kappa shape index (κ1) is 12.1. The topological polar surface area (TPSA) is 21.3 Å². The summed E-state index contributed by atoms with van der Waals surface area (Å²) >= 11 is 1.87. The molecule has 1 aliphatic heterocycles. The van der Waals surface area contributed by atoms with Crippen LogP contribution in [0.3, 0.4) is 0 Å². The van der Waals surface area contributed by atoms with Gasteiger partial charge in [0.05, 0.1) is 6.61 Å². The summed E-state index contributed by atoms with van der Waals surface area (Å²) in [6.45, 7) is 5.15. The lowest BCUT2D eigenvalue weighted by Gasteiger charge is -2.22. The molecule has 0 bridgehead atoms. The molecule has 0 spiro atoms. The Hall–Kier alpha value is -0.380. The average Bonchev–Trinajstić information content (AvgIpc) is 2.96. The fourth-order valence-corrected chi connectivity index (χ4v) is 3.11. The maximum atomic E-state index is 5.48. The van der Waals surface area contributed by atoms with Crippen LogP contribution in [-0.4, -0.2) is 25.8 Å². The van der Waals surface area contributed by atoms with E-state index in [0.717, 1.165) is 25.7 Å². The molecule has 90 valence electrons. The minimum absolute atomic E-state index is 0.634. The van der Waals surface area contributed by atoms with Crippen LogP contribution in [-0.2, 0) is 11.2 Å². The van der Waals surface area contributed by atoms with Gasteiger partial charge in [0.1, 0.15) is 0 Å². The predicted octanol–water partition coefficient (Wildman–Crippen LogP) is 2.70. The van der Waals surface area contributed by atoms with Gasteiger partial charge in [-0.05, 0) is 43.2 Å². The zero-order chi connectivity index (χ0) is 11.2. The van der Waals surface area contributed by atoms with Crippen molar-refractivity contribution in [3.8, 4) is 0 Å². The molecule has 16 heavy (non-hydrogen) atoms. The van der Waals surface area contributed by atoms with Crippen LogP contribution in [0.2, 0.25) is 0 Å². The molecule has 0 radical (unpaired) electrons. The van der Waals surface area contributed by atoms with E-state index in [1.165, 1.54) is 24.1 Å². The van der Waals surface area contributed by atoms with Gasteiger partial charge >= 0.3 is 0 Å². The molecule has 0 aromatic carbocycles. The molecule has 2 rings (SSSR count). The van der Waals surface area contributed by atoms with Gasteiger partial charge in [-0.1, -0.05) is 13.0 Å². The minimum atomic E-state index is 0.634. The zero-order valence-electron chi connectivity index (χ0n) is 9.95. The monoisotopic (exact) mass is 239 g/mol. The first-order valence-corrected chi connectivity index (χ1v) is 7.11. The van der Waals surface area contributed by atoms with Crippen molar-refractivity contribution in [1.29, 1.82) is 0 Å². The third-order valence-corrected chi connectivity index (χ3v) is 4.22. The van der Waals surface area contributed by atoms with Crippen LogP contribution in [0.25, 0.3) is 0 Å². The highest BCUT2D eigenvalue weighted by Crippen LogP contribution is 2.21. The van der Waals surface area contributed by atoms with Crippen molar-refractivity contribution < 1.29 is 4.74 Å². The highest BCUT2D eigenvalue weighted by atomic mass is 32.1. The highest BCUT2D eigenvalue weighted by molar-refractivity contribution is 7.09. The van der Waals surface area contributed by atoms with Crippen LogP contribution in [0, 0.1) is 5.92 Å². The summed E-state index contributed by atoms with van der Waals surface area (Å²) in [5.74, 6) is 0.722. The van der Waals surface area contributed by atoms with Gasteiger partial charge in [-0.2, -0.15) is 0 Å². The fraction of sp³-hybridized carbons (Fsp3) is 0.692. The van der Waals surface area contributed by atoms with Gasteiger partial charge in [0.2, 0.25) is 0 Å². The molecule has 1 aromatic heterocycles. The molecule has 1 aliphatic rings. The Balaban J connectivity index is 1.82. The fourth-order valence-electron chi connectivity index (χ4n) is 2.39. The molecule has 1 saturated heterocycles. The van der Waals surface area contributed by atoms with E-state index < -0.39 is 0 Å². The van der Waals surface area contributed by atoms with Crippen LogP contribution in [0.5, 0.6) is 0 Å². The van der Waals surface area contributed by atoms with Gasteiger partial charge in [-0.15, -0.1) is 11.3 Å². The predicted molar refractivity (Wildman–Crippen MR) is 69.0 cm³/mol. The molecule has 0 aliphatic carbocycles. The first-order chi connectivity index (χ1) is 7.90. The number of ether oxygens (including phenoxy) is 1. The van der Waals surface area contributed by atoms with Crippen molar-refractivity contribution >= 4 is 11.3 Å². The van der Waals surface area contributed by atoms with Gasteiger partial charge in [0.15, 0.2) is 0 Å². The second-order valence-electron chi connectivity index (χ2n) is 4.41. The normalized spacial score (nSPS) is 22.4. The molecular formula is C13H21NOS. The van der Waals surface area contributed by atoms with Gasteiger partial charge in [0, 0.05) is 17.5 Å². The summed E-state index contributed by atoms with van der Waals surface area (Å²) in [6.07, 6.45) is 3.66. The SMILES string of the molecule is CCNC(CCc1cccs1)C1CCOC1. The molecule has 2 heterocycles. The van der Waals surface area contributed by atoms with E-state index in [1.807, 2.05) is 11.3 Å². The van der Waals surface area contributed by atoms with Crippen molar-refractivity contribution in [2.75, 3.05) is 19.8 Å². The maximum absolute atomic E-state index is 5.48. The third kappa shape index (κ3) is 3.30. The number of aryl methyl sites for hydroxylation is 1. The van der Waals surface area contributed by atoms with E-state index in [9.17, 15) is 0 Å². The quantitative estimate of drug-likeness (QED) is 0.824. The smallest absolute Gasteiger partial charge is 0.0510 e. The molecule has 2 atom stereocenters. The van der Waals surface area contributed by atoms with Crippen molar-refractivity contribution in [1.82, 2.24) is 5.32 Å². The molecule has 1 fully saturated rings. The van der Waals surface area contributed by atoms with Crippen LogP contribution < -0.4 is 5.32 Å². The summed E-state index contributed by atoms with van der Waals surface area (Å²) in [5.41, 5.74) is 0. The standard InChI is InChI=1S/C13H21NOS/c1-2-14-13(11-7-8-15-10-11)6-5-12-4-3-9-16-12/h3-4,9,11,13-14H,2,5-8,10H2,1H3. The largest absolute Gasteiger partial charge is 0.381 e. The Morgan fingerprint density at radius 1 is 1.62 bits per heavy atom. The van der Waals surface area contributed by atoms with Crippen LogP contribution in [0.1, 0.15) is 24.6 Å². The molecular weight excluding hydrogens is 218 g/mol. The third-order valence-electron chi connectivity index (χ3n) is 3.28. The Bertz CT molecular complexity index is 280. The maximum Gasteiger partial charge on any atom is 0.0510 e. The Labute approximate surface area is 102 Å². The summed E-state index contributed by atoms with van der Waals surface area (Å²) in [4.78, 5) is 1.50. The lowest BCUT2D eigenvalue weighted by atomic mass is 9.94.